The third kappa shape index (κ3) is 5.73. The smallest absolute Gasteiger partial charge is 0.315 e. The van der Waals surface area contributed by atoms with Gasteiger partial charge in [0, 0.05) is 24.8 Å². The Bertz CT molecular complexity index is 1190. The number of carbonyl (C=O) groups excluding carboxylic acids is 3. The number of hydrogen-bond donors (Lipinski definition) is 2. The van der Waals surface area contributed by atoms with E-state index in [0.29, 0.717) is 18.4 Å². The Kier molecular flexibility index (Phi) is 9.32. The molecule has 5 rings (SSSR count). The van der Waals surface area contributed by atoms with Gasteiger partial charge in [-0.3, -0.25) is 14.4 Å². The van der Waals surface area contributed by atoms with Gasteiger partial charge in [0.1, 0.15) is 18.6 Å². The van der Waals surface area contributed by atoms with Gasteiger partial charge >= 0.3 is 11.9 Å². The van der Waals surface area contributed by atoms with Gasteiger partial charge in [0.2, 0.25) is 5.91 Å². The standard InChI is InChI=1S/C38H63NO7/c1-11-20-39-30(41)22-31(42)45-28-14-16-35(7)26(33(28,3)4)13-18-36(8)27(35)21-25(44-23(2)40)32-24(12-17-37(32,36)9)38(10)19-15-29(46-38)34(5,6)43/h24-29,32,43H,11-22H2,1-10H3,(H,39,41)/t24-,25+,26-,27+,28+,29+,32-,35-,36+,37+,38-/m0/s1. The zero-order chi connectivity index (χ0) is 34.1. The van der Waals surface area contributed by atoms with Gasteiger partial charge in [-0.05, 0) is 119 Å². The fourth-order valence-corrected chi connectivity index (χ4v) is 12.2. The number of amides is 1. The molecule has 5 fully saturated rings. The van der Waals surface area contributed by atoms with E-state index in [9.17, 15) is 19.5 Å². The van der Waals surface area contributed by atoms with E-state index < -0.39 is 11.6 Å². The molecule has 262 valence electrons. The summed E-state index contributed by atoms with van der Waals surface area (Å²) in [5, 5.41) is 13.6. The Balaban J connectivity index is 1.42. The van der Waals surface area contributed by atoms with E-state index >= 15 is 0 Å². The highest BCUT2D eigenvalue weighted by molar-refractivity contribution is 5.94. The average molecular weight is 646 g/mol. The average Bonchev–Trinajstić information content (AvgIpc) is 3.53. The summed E-state index contributed by atoms with van der Waals surface area (Å²) in [5.41, 5.74) is -1.51. The molecule has 8 heteroatoms. The van der Waals surface area contributed by atoms with Gasteiger partial charge in [-0.1, -0.05) is 41.5 Å². The Morgan fingerprint density at radius 3 is 2.17 bits per heavy atom. The zero-order valence-electron chi connectivity index (χ0n) is 30.4. The quantitative estimate of drug-likeness (QED) is 0.222. The molecule has 46 heavy (non-hydrogen) atoms. The number of rotatable bonds is 8. The second-order valence-electron chi connectivity index (χ2n) is 18.0. The Morgan fingerprint density at radius 2 is 1.57 bits per heavy atom. The van der Waals surface area contributed by atoms with Crippen LogP contribution in [0, 0.1) is 45.3 Å². The highest BCUT2D eigenvalue weighted by atomic mass is 16.6. The molecule has 2 N–H and O–H groups in total. The van der Waals surface area contributed by atoms with Crippen LogP contribution < -0.4 is 5.32 Å². The van der Waals surface area contributed by atoms with Crippen LogP contribution in [0.4, 0.5) is 0 Å². The van der Waals surface area contributed by atoms with Gasteiger partial charge < -0.3 is 24.6 Å². The van der Waals surface area contributed by atoms with Gasteiger partial charge in [0.25, 0.3) is 0 Å². The normalized spacial score (nSPS) is 44.8. The summed E-state index contributed by atoms with van der Waals surface area (Å²) in [6.45, 7) is 22.0. The van der Waals surface area contributed by atoms with E-state index in [1.807, 2.05) is 20.8 Å². The molecular formula is C38H63NO7. The number of ether oxygens (including phenoxy) is 3. The van der Waals surface area contributed by atoms with Crippen molar-refractivity contribution in [1.29, 1.82) is 0 Å². The molecule has 1 heterocycles. The van der Waals surface area contributed by atoms with E-state index in [1.165, 1.54) is 0 Å². The molecule has 0 unspecified atom stereocenters. The maximum Gasteiger partial charge on any atom is 0.315 e. The molecule has 11 atom stereocenters. The Morgan fingerprint density at radius 1 is 0.891 bits per heavy atom. The molecule has 4 saturated carbocycles. The molecule has 1 amide bonds. The Hall–Kier alpha value is -1.67. The van der Waals surface area contributed by atoms with Gasteiger partial charge in [0.15, 0.2) is 0 Å². The number of hydrogen-bond acceptors (Lipinski definition) is 7. The lowest BCUT2D eigenvalue weighted by Gasteiger charge is -2.70. The summed E-state index contributed by atoms with van der Waals surface area (Å²) in [4.78, 5) is 37.8. The number of esters is 2. The number of carbonyl (C=O) groups is 3. The molecule has 8 nitrogen and oxygen atoms in total. The summed E-state index contributed by atoms with van der Waals surface area (Å²) in [6, 6.07) is 0. The lowest BCUT2D eigenvalue weighted by Crippen LogP contribution is -2.67. The first kappa shape index (κ1) is 35.6. The van der Waals surface area contributed by atoms with E-state index in [0.717, 1.165) is 64.2 Å². The predicted molar refractivity (Wildman–Crippen MR) is 177 cm³/mol. The van der Waals surface area contributed by atoms with Crippen LogP contribution in [0.5, 0.6) is 0 Å². The van der Waals surface area contributed by atoms with E-state index in [4.69, 9.17) is 14.2 Å². The van der Waals surface area contributed by atoms with Crippen LogP contribution in [0.1, 0.15) is 140 Å². The largest absolute Gasteiger partial charge is 0.462 e. The van der Waals surface area contributed by atoms with E-state index in [2.05, 4.69) is 46.9 Å². The summed E-state index contributed by atoms with van der Waals surface area (Å²) in [6.07, 6.45) is 8.48. The third-order valence-electron chi connectivity index (χ3n) is 14.7. The second kappa shape index (κ2) is 12.0. The molecule has 4 aliphatic carbocycles. The lowest BCUT2D eigenvalue weighted by atomic mass is 9.35. The maximum atomic E-state index is 12.9. The summed E-state index contributed by atoms with van der Waals surface area (Å²) in [7, 11) is 0. The molecule has 1 saturated heterocycles. The molecule has 0 aromatic rings. The van der Waals surface area contributed by atoms with Crippen LogP contribution in [0.3, 0.4) is 0 Å². The highest BCUT2D eigenvalue weighted by Crippen LogP contribution is 2.76. The van der Waals surface area contributed by atoms with Gasteiger partial charge in [0.05, 0.1) is 17.3 Å². The summed E-state index contributed by atoms with van der Waals surface area (Å²) < 4.78 is 19.2. The van der Waals surface area contributed by atoms with E-state index in [-0.39, 0.29) is 75.7 Å². The number of nitrogens with one attached hydrogen (secondary N) is 1. The zero-order valence-corrected chi connectivity index (χ0v) is 30.4. The van der Waals surface area contributed by atoms with Crippen LogP contribution in [0.2, 0.25) is 0 Å². The van der Waals surface area contributed by atoms with Crippen molar-refractivity contribution in [3.05, 3.63) is 0 Å². The maximum absolute atomic E-state index is 12.9. The van der Waals surface area contributed by atoms with Crippen LogP contribution in [0.25, 0.3) is 0 Å². The number of fused-ring (bicyclic) bond motifs is 5. The van der Waals surface area contributed by atoms with Crippen molar-refractivity contribution >= 4 is 17.8 Å². The van der Waals surface area contributed by atoms with Crippen LogP contribution in [0.15, 0.2) is 0 Å². The van der Waals surface area contributed by atoms with Gasteiger partial charge in [-0.15, -0.1) is 0 Å². The summed E-state index contributed by atoms with van der Waals surface area (Å²) in [5.74, 6) is 0.182. The molecule has 0 aromatic carbocycles. The predicted octanol–water partition coefficient (Wildman–Crippen LogP) is 6.75. The molecule has 1 aliphatic heterocycles. The first-order valence-electron chi connectivity index (χ1n) is 18.3. The first-order chi connectivity index (χ1) is 21.2. The molecule has 0 aromatic heterocycles. The number of aliphatic hydroxyl groups is 1. The van der Waals surface area contributed by atoms with Crippen LogP contribution in [-0.4, -0.2) is 59.0 Å². The van der Waals surface area contributed by atoms with Crippen LogP contribution >= 0.6 is 0 Å². The fourth-order valence-electron chi connectivity index (χ4n) is 12.2. The Labute approximate surface area is 277 Å². The third-order valence-corrected chi connectivity index (χ3v) is 14.7. The lowest BCUT2D eigenvalue weighted by molar-refractivity contribution is -0.254. The monoisotopic (exact) mass is 645 g/mol. The molecule has 0 radical (unpaired) electrons. The van der Waals surface area contributed by atoms with E-state index in [1.54, 1.807) is 6.92 Å². The van der Waals surface area contributed by atoms with Crippen molar-refractivity contribution < 1.29 is 33.7 Å². The van der Waals surface area contributed by atoms with Gasteiger partial charge in [-0.2, -0.15) is 0 Å². The van der Waals surface area contributed by atoms with Crippen molar-refractivity contribution in [3.8, 4) is 0 Å². The van der Waals surface area contributed by atoms with Crippen molar-refractivity contribution in [3.63, 3.8) is 0 Å². The first-order valence-corrected chi connectivity index (χ1v) is 18.3. The molecule has 0 spiro atoms. The molecule has 0 bridgehead atoms. The minimum Gasteiger partial charge on any atom is -0.462 e. The minimum atomic E-state index is -0.896. The molecule has 5 aliphatic rings. The van der Waals surface area contributed by atoms with Crippen LogP contribution in [-0.2, 0) is 28.6 Å². The SMILES string of the molecule is CCCNC(=O)CC(=O)O[C@@H]1CC[C@]2(C)[C@H]3C[C@@H](OC(C)=O)[C@@H]4[C@@H]([C@]5(C)CC[C@H](C(C)(C)O)O5)CC[C@@]4(C)[C@]3(C)CC[C@H]2C1(C)C. The second-order valence-corrected chi connectivity index (χ2v) is 18.0. The molecular weight excluding hydrogens is 582 g/mol. The highest BCUT2D eigenvalue weighted by Gasteiger charge is 2.72. The fraction of sp³-hybridized carbons (Fsp3) is 0.921. The van der Waals surface area contributed by atoms with Crippen molar-refractivity contribution in [2.75, 3.05) is 6.54 Å². The van der Waals surface area contributed by atoms with Crippen molar-refractivity contribution in [2.24, 2.45) is 45.3 Å². The van der Waals surface area contributed by atoms with Gasteiger partial charge in [-0.25, -0.2) is 0 Å². The van der Waals surface area contributed by atoms with Crippen molar-refractivity contribution in [1.82, 2.24) is 5.32 Å². The van der Waals surface area contributed by atoms with Crippen molar-refractivity contribution in [2.45, 2.75) is 169 Å². The summed E-state index contributed by atoms with van der Waals surface area (Å²) >= 11 is 0. The minimum absolute atomic E-state index is 0.0118. The topological polar surface area (TPSA) is 111 Å².